The zero-order valence-corrected chi connectivity index (χ0v) is 12.3. The Morgan fingerprint density at radius 2 is 2.10 bits per heavy atom. The summed E-state index contributed by atoms with van der Waals surface area (Å²) in [6.07, 6.45) is 8.53. The number of aromatic hydroxyl groups is 1. The van der Waals surface area contributed by atoms with E-state index in [1.807, 2.05) is 19.2 Å². The van der Waals surface area contributed by atoms with Crippen LogP contribution in [0.5, 0.6) is 5.75 Å². The number of fused-ring (bicyclic) bond motifs is 1. The standard InChI is InChI=1S/C17H25NO2/c1-20-13-6-2-5-12(11-13)18-16-9-3-8-15-14(16)7-4-10-17(15)19/h4,7,10,12-13,16,18-19H,2-3,5-6,8-9,11H2,1H3/t12-,13-,16+/m1/s1. The van der Waals surface area contributed by atoms with Crippen LogP contribution in [-0.2, 0) is 11.2 Å². The zero-order chi connectivity index (χ0) is 13.9. The molecule has 0 bridgehead atoms. The van der Waals surface area contributed by atoms with Crippen LogP contribution < -0.4 is 5.32 Å². The van der Waals surface area contributed by atoms with Gasteiger partial charge in [0.05, 0.1) is 6.10 Å². The topological polar surface area (TPSA) is 41.5 Å². The maximum atomic E-state index is 10.0. The second kappa shape index (κ2) is 6.15. The van der Waals surface area contributed by atoms with Crippen molar-refractivity contribution >= 4 is 0 Å². The van der Waals surface area contributed by atoms with Crippen molar-refractivity contribution in [2.24, 2.45) is 0 Å². The highest BCUT2D eigenvalue weighted by molar-refractivity contribution is 5.42. The minimum absolute atomic E-state index is 0.395. The van der Waals surface area contributed by atoms with Gasteiger partial charge >= 0.3 is 0 Å². The van der Waals surface area contributed by atoms with Gasteiger partial charge in [0.2, 0.25) is 0 Å². The first kappa shape index (κ1) is 13.9. The third-order valence-corrected chi connectivity index (χ3v) is 4.88. The highest BCUT2D eigenvalue weighted by atomic mass is 16.5. The largest absolute Gasteiger partial charge is 0.508 e. The van der Waals surface area contributed by atoms with E-state index in [1.165, 1.54) is 31.2 Å². The van der Waals surface area contributed by atoms with Crippen molar-refractivity contribution in [1.29, 1.82) is 0 Å². The monoisotopic (exact) mass is 275 g/mol. The zero-order valence-electron chi connectivity index (χ0n) is 12.3. The van der Waals surface area contributed by atoms with Gasteiger partial charge in [-0.3, -0.25) is 0 Å². The predicted octanol–water partition coefficient (Wildman–Crippen LogP) is 3.32. The molecule has 3 rings (SSSR count). The summed E-state index contributed by atoms with van der Waals surface area (Å²) in [6, 6.07) is 6.89. The lowest BCUT2D eigenvalue weighted by molar-refractivity contribution is 0.0564. The minimum atomic E-state index is 0.395. The lowest BCUT2D eigenvalue weighted by atomic mass is 9.85. The summed E-state index contributed by atoms with van der Waals surface area (Å²) in [4.78, 5) is 0. The molecule has 0 aromatic heterocycles. The van der Waals surface area contributed by atoms with Gasteiger partial charge in [0.25, 0.3) is 0 Å². The Balaban J connectivity index is 1.71. The van der Waals surface area contributed by atoms with Crippen molar-refractivity contribution in [3.05, 3.63) is 29.3 Å². The van der Waals surface area contributed by atoms with Crippen LogP contribution in [0.3, 0.4) is 0 Å². The Labute approximate surface area is 121 Å². The molecular formula is C17H25NO2. The quantitative estimate of drug-likeness (QED) is 0.889. The third-order valence-electron chi connectivity index (χ3n) is 4.88. The van der Waals surface area contributed by atoms with Crippen LogP contribution in [0, 0.1) is 0 Å². The van der Waals surface area contributed by atoms with Crippen LogP contribution in [-0.4, -0.2) is 24.4 Å². The van der Waals surface area contributed by atoms with E-state index in [9.17, 15) is 5.11 Å². The molecule has 1 saturated carbocycles. The summed E-state index contributed by atoms with van der Waals surface area (Å²) >= 11 is 0. The van der Waals surface area contributed by atoms with Crippen molar-refractivity contribution in [3.8, 4) is 5.75 Å². The third kappa shape index (κ3) is 2.84. The molecule has 0 aliphatic heterocycles. The average molecular weight is 275 g/mol. The normalized spacial score (nSPS) is 29.9. The maximum absolute atomic E-state index is 10.0. The van der Waals surface area contributed by atoms with Crippen LogP contribution in [0.15, 0.2) is 18.2 Å². The Bertz CT molecular complexity index is 460. The first-order valence-electron chi connectivity index (χ1n) is 7.87. The first-order valence-corrected chi connectivity index (χ1v) is 7.87. The highest BCUT2D eigenvalue weighted by Crippen LogP contribution is 2.35. The van der Waals surface area contributed by atoms with E-state index < -0.39 is 0 Å². The summed E-state index contributed by atoms with van der Waals surface area (Å²) in [5.41, 5.74) is 2.45. The van der Waals surface area contributed by atoms with Gasteiger partial charge in [0.15, 0.2) is 0 Å². The van der Waals surface area contributed by atoms with Crippen molar-refractivity contribution in [2.45, 2.75) is 63.1 Å². The van der Waals surface area contributed by atoms with Gasteiger partial charge < -0.3 is 15.2 Å². The summed E-state index contributed by atoms with van der Waals surface area (Å²) < 4.78 is 5.52. The maximum Gasteiger partial charge on any atom is 0.119 e. The molecule has 2 N–H and O–H groups in total. The smallest absolute Gasteiger partial charge is 0.119 e. The molecule has 0 amide bonds. The van der Waals surface area contributed by atoms with E-state index in [1.54, 1.807) is 0 Å². The molecule has 110 valence electrons. The van der Waals surface area contributed by atoms with E-state index in [0.717, 1.165) is 24.8 Å². The minimum Gasteiger partial charge on any atom is -0.508 e. The van der Waals surface area contributed by atoms with Crippen molar-refractivity contribution in [3.63, 3.8) is 0 Å². The van der Waals surface area contributed by atoms with Crippen LogP contribution in [0.4, 0.5) is 0 Å². The molecule has 1 fully saturated rings. The van der Waals surface area contributed by atoms with Crippen LogP contribution in [0.2, 0.25) is 0 Å². The Hall–Kier alpha value is -1.06. The molecule has 1 aromatic carbocycles. The number of hydrogen-bond donors (Lipinski definition) is 2. The van der Waals surface area contributed by atoms with E-state index in [2.05, 4.69) is 11.4 Å². The van der Waals surface area contributed by atoms with Crippen LogP contribution in [0.25, 0.3) is 0 Å². The average Bonchev–Trinajstić information content (AvgIpc) is 2.49. The molecule has 2 aliphatic carbocycles. The second-order valence-electron chi connectivity index (χ2n) is 6.18. The molecule has 2 aliphatic rings. The lowest BCUT2D eigenvalue weighted by Gasteiger charge is -2.34. The van der Waals surface area contributed by atoms with Gasteiger partial charge in [0, 0.05) is 19.2 Å². The molecule has 0 radical (unpaired) electrons. The van der Waals surface area contributed by atoms with Gasteiger partial charge in [-0.15, -0.1) is 0 Å². The SMILES string of the molecule is CO[C@@H]1CCC[C@@H](N[C@H]2CCCc3c(O)cccc32)C1. The summed E-state index contributed by atoms with van der Waals surface area (Å²) in [7, 11) is 1.82. The molecule has 1 aromatic rings. The van der Waals surface area contributed by atoms with Crippen molar-refractivity contribution < 1.29 is 9.84 Å². The fourth-order valence-corrected chi connectivity index (χ4v) is 3.80. The Morgan fingerprint density at radius 3 is 2.95 bits per heavy atom. The predicted molar refractivity (Wildman–Crippen MR) is 80.0 cm³/mol. The number of rotatable bonds is 3. The second-order valence-corrected chi connectivity index (χ2v) is 6.18. The fourth-order valence-electron chi connectivity index (χ4n) is 3.80. The van der Waals surface area contributed by atoms with E-state index >= 15 is 0 Å². The van der Waals surface area contributed by atoms with E-state index in [0.29, 0.717) is 23.9 Å². The first-order chi connectivity index (χ1) is 9.78. The molecule has 0 saturated heterocycles. The Kier molecular flexibility index (Phi) is 4.27. The Morgan fingerprint density at radius 1 is 1.20 bits per heavy atom. The number of hydrogen-bond acceptors (Lipinski definition) is 3. The molecule has 20 heavy (non-hydrogen) atoms. The number of phenolic OH excluding ortho intramolecular Hbond substituents is 1. The number of methoxy groups -OCH3 is 1. The molecular weight excluding hydrogens is 250 g/mol. The van der Waals surface area contributed by atoms with Gasteiger partial charge in [-0.1, -0.05) is 12.1 Å². The molecule has 3 heteroatoms. The van der Waals surface area contributed by atoms with Gasteiger partial charge in [-0.05, 0) is 62.1 Å². The summed E-state index contributed by atoms with van der Waals surface area (Å²) in [5, 5.41) is 13.8. The fraction of sp³-hybridized carbons (Fsp3) is 0.647. The summed E-state index contributed by atoms with van der Waals surface area (Å²) in [6.45, 7) is 0. The molecule has 3 nitrogen and oxygen atoms in total. The highest BCUT2D eigenvalue weighted by Gasteiger charge is 2.27. The number of benzene rings is 1. The summed E-state index contributed by atoms with van der Waals surface area (Å²) in [5.74, 6) is 0.465. The van der Waals surface area contributed by atoms with Gasteiger partial charge in [-0.2, -0.15) is 0 Å². The number of nitrogens with one attached hydrogen (secondary N) is 1. The number of phenols is 1. The molecule has 0 heterocycles. The number of ether oxygens (including phenoxy) is 1. The van der Waals surface area contributed by atoms with E-state index in [4.69, 9.17) is 4.74 Å². The van der Waals surface area contributed by atoms with Gasteiger partial charge in [0.1, 0.15) is 5.75 Å². The van der Waals surface area contributed by atoms with Crippen LogP contribution in [0.1, 0.15) is 55.7 Å². The van der Waals surface area contributed by atoms with Gasteiger partial charge in [-0.25, -0.2) is 0 Å². The van der Waals surface area contributed by atoms with Crippen molar-refractivity contribution in [2.75, 3.05) is 7.11 Å². The molecule has 0 spiro atoms. The van der Waals surface area contributed by atoms with E-state index in [-0.39, 0.29) is 0 Å². The van der Waals surface area contributed by atoms with Crippen molar-refractivity contribution in [1.82, 2.24) is 5.32 Å². The lowest BCUT2D eigenvalue weighted by Crippen LogP contribution is -2.39. The molecule has 0 unspecified atom stereocenters. The molecule has 3 atom stereocenters. The van der Waals surface area contributed by atoms with Crippen LogP contribution >= 0.6 is 0 Å².